The highest BCUT2D eigenvalue weighted by Crippen LogP contribution is 2.28. The van der Waals surface area contributed by atoms with Gasteiger partial charge in [0, 0.05) is 11.6 Å². The van der Waals surface area contributed by atoms with Crippen LogP contribution in [0.5, 0.6) is 0 Å². The molecule has 0 aliphatic rings. The van der Waals surface area contributed by atoms with E-state index in [4.69, 9.17) is 11.5 Å². The normalized spacial score (nSPS) is 13.9. The minimum atomic E-state index is -0.533. The van der Waals surface area contributed by atoms with Crippen molar-refractivity contribution in [1.82, 2.24) is 0 Å². The number of benzene rings is 1. The van der Waals surface area contributed by atoms with Crippen molar-refractivity contribution >= 4 is 0 Å². The van der Waals surface area contributed by atoms with E-state index in [2.05, 4.69) is 0 Å². The second-order valence-electron chi connectivity index (χ2n) is 4.84. The van der Waals surface area contributed by atoms with E-state index in [1.165, 1.54) is 0 Å². The molecule has 0 saturated carbocycles. The van der Waals surface area contributed by atoms with Crippen LogP contribution in [0.25, 0.3) is 0 Å². The Morgan fingerprint density at radius 1 is 1.31 bits per heavy atom. The molecule has 0 aromatic heterocycles. The van der Waals surface area contributed by atoms with Crippen LogP contribution in [0.4, 0.5) is 8.78 Å². The highest BCUT2D eigenvalue weighted by atomic mass is 19.1. The standard InChI is InChI=1S/C12H18F2N2/c1-12(2,7-15)6-11(16)9-5-8(13)3-4-10(9)14/h3-5,11H,6-7,15-16H2,1-2H3. The maximum atomic E-state index is 13.4. The molecule has 0 fully saturated rings. The Kier molecular flexibility index (Phi) is 3.99. The third-order valence-electron chi connectivity index (χ3n) is 2.68. The second kappa shape index (κ2) is 4.89. The number of nitrogens with two attached hydrogens (primary N) is 2. The summed E-state index contributed by atoms with van der Waals surface area (Å²) in [7, 11) is 0. The number of halogens is 2. The fraction of sp³-hybridized carbons (Fsp3) is 0.500. The van der Waals surface area contributed by atoms with E-state index >= 15 is 0 Å². The zero-order valence-electron chi connectivity index (χ0n) is 9.63. The van der Waals surface area contributed by atoms with E-state index in [1.807, 2.05) is 13.8 Å². The van der Waals surface area contributed by atoms with Gasteiger partial charge in [-0.1, -0.05) is 13.8 Å². The van der Waals surface area contributed by atoms with E-state index in [-0.39, 0.29) is 11.0 Å². The van der Waals surface area contributed by atoms with Crippen molar-refractivity contribution in [3.05, 3.63) is 35.4 Å². The summed E-state index contributed by atoms with van der Waals surface area (Å²) in [5.74, 6) is -0.945. The highest BCUT2D eigenvalue weighted by Gasteiger charge is 2.22. The highest BCUT2D eigenvalue weighted by molar-refractivity contribution is 5.22. The van der Waals surface area contributed by atoms with Crippen LogP contribution in [0.3, 0.4) is 0 Å². The molecule has 1 atom stereocenters. The summed E-state index contributed by atoms with van der Waals surface area (Å²) in [6.45, 7) is 4.35. The average molecular weight is 228 g/mol. The lowest BCUT2D eigenvalue weighted by Crippen LogP contribution is -2.29. The summed E-state index contributed by atoms with van der Waals surface area (Å²) >= 11 is 0. The van der Waals surface area contributed by atoms with E-state index in [0.717, 1.165) is 18.2 Å². The molecule has 0 aliphatic heterocycles. The zero-order valence-corrected chi connectivity index (χ0v) is 9.63. The monoisotopic (exact) mass is 228 g/mol. The van der Waals surface area contributed by atoms with Gasteiger partial charge in [-0.3, -0.25) is 0 Å². The first-order valence-electron chi connectivity index (χ1n) is 5.26. The molecule has 0 amide bonds. The number of rotatable bonds is 4. The molecule has 0 saturated heterocycles. The van der Waals surface area contributed by atoms with Crippen molar-refractivity contribution in [2.75, 3.05) is 6.54 Å². The topological polar surface area (TPSA) is 52.0 Å². The Hall–Kier alpha value is -1.00. The van der Waals surface area contributed by atoms with Gasteiger partial charge in [-0.15, -0.1) is 0 Å². The van der Waals surface area contributed by atoms with Gasteiger partial charge in [-0.05, 0) is 36.6 Å². The van der Waals surface area contributed by atoms with Crippen molar-refractivity contribution in [2.24, 2.45) is 16.9 Å². The number of hydrogen-bond donors (Lipinski definition) is 2. The van der Waals surface area contributed by atoms with Crippen molar-refractivity contribution in [3.8, 4) is 0 Å². The molecule has 2 nitrogen and oxygen atoms in total. The molecule has 0 aliphatic carbocycles. The van der Waals surface area contributed by atoms with E-state index in [9.17, 15) is 8.78 Å². The summed E-state index contributed by atoms with van der Waals surface area (Å²) < 4.78 is 26.4. The van der Waals surface area contributed by atoms with Crippen LogP contribution >= 0.6 is 0 Å². The Morgan fingerprint density at radius 2 is 1.94 bits per heavy atom. The lowest BCUT2D eigenvalue weighted by atomic mass is 9.84. The Morgan fingerprint density at radius 3 is 2.50 bits per heavy atom. The molecule has 1 aromatic rings. The van der Waals surface area contributed by atoms with Crippen LogP contribution in [-0.4, -0.2) is 6.54 Å². The van der Waals surface area contributed by atoms with E-state index < -0.39 is 17.7 Å². The Labute approximate surface area is 94.6 Å². The van der Waals surface area contributed by atoms with Gasteiger partial charge in [0.05, 0.1) is 0 Å². The third-order valence-corrected chi connectivity index (χ3v) is 2.68. The predicted molar refractivity (Wildman–Crippen MR) is 60.7 cm³/mol. The molecule has 4 heteroatoms. The van der Waals surface area contributed by atoms with Crippen LogP contribution in [-0.2, 0) is 0 Å². The van der Waals surface area contributed by atoms with Gasteiger partial charge in [0.25, 0.3) is 0 Å². The van der Waals surface area contributed by atoms with Crippen molar-refractivity contribution in [2.45, 2.75) is 26.3 Å². The minimum Gasteiger partial charge on any atom is -0.330 e. The first kappa shape index (κ1) is 13.1. The molecule has 0 bridgehead atoms. The van der Waals surface area contributed by atoms with Crippen molar-refractivity contribution in [3.63, 3.8) is 0 Å². The van der Waals surface area contributed by atoms with E-state index in [1.54, 1.807) is 0 Å². The van der Waals surface area contributed by atoms with Crippen LogP contribution < -0.4 is 11.5 Å². The Balaban J connectivity index is 2.88. The van der Waals surface area contributed by atoms with Gasteiger partial charge in [0.2, 0.25) is 0 Å². The van der Waals surface area contributed by atoms with Gasteiger partial charge < -0.3 is 11.5 Å². The van der Waals surface area contributed by atoms with Crippen molar-refractivity contribution < 1.29 is 8.78 Å². The summed E-state index contributed by atoms with van der Waals surface area (Å²) in [5, 5.41) is 0. The molecule has 1 unspecified atom stereocenters. The summed E-state index contributed by atoms with van der Waals surface area (Å²) in [6, 6.07) is 2.79. The van der Waals surface area contributed by atoms with Gasteiger partial charge in [-0.25, -0.2) is 8.78 Å². The fourth-order valence-corrected chi connectivity index (χ4v) is 1.59. The molecule has 90 valence electrons. The largest absolute Gasteiger partial charge is 0.330 e. The maximum Gasteiger partial charge on any atom is 0.128 e. The molecule has 0 spiro atoms. The molecular weight excluding hydrogens is 210 g/mol. The molecule has 0 heterocycles. The zero-order chi connectivity index (χ0) is 12.3. The number of hydrogen-bond acceptors (Lipinski definition) is 2. The third kappa shape index (κ3) is 3.25. The van der Waals surface area contributed by atoms with Crippen LogP contribution in [0.1, 0.15) is 31.9 Å². The van der Waals surface area contributed by atoms with Crippen LogP contribution in [0.2, 0.25) is 0 Å². The first-order valence-corrected chi connectivity index (χ1v) is 5.26. The van der Waals surface area contributed by atoms with E-state index in [0.29, 0.717) is 13.0 Å². The lowest BCUT2D eigenvalue weighted by molar-refractivity contribution is 0.314. The minimum absolute atomic E-state index is 0.182. The predicted octanol–water partition coefficient (Wildman–Crippen LogP) is 2.34. The summed E-state index contributed by atoms with van der Waals surface area (Å²) in [5.41, 5.74) is 11.5. The SMILES string of the molecule is CC(C)(CN)CC(N)c1cc(F)ccc1F. The van der Waals surface area contributed by atoms with Gasteiger partial charge >= 0.3 is 0 Å². The van der Waals surface area contributed by atoms with Gasteiger partial charge in [0.15, 0.2) is 0 Å². The molecule has 4 N–H and O–H groups in total. The Bertz CT molecular complexity index is 364. The first-order chi connectivity index (χ1) is 7.35. The maximum absolute atomic E-state index is 13.4. The van der Waals surface area contributed by atoms with Crippen LogP contribution in [0.15, 0.2) is 18.2 Å². The average Bonchev–Trinajstić information content (AvgIpc) is 2.21. The molecular formula is C12H18F2N2. The fourth-order valence-electron chi connectivity index (χ4n) is 1.59. The van der Waals surface area contributed by atoms with Gasteiger partial charge in [-0.2, -0.15) is 0 Å². The summed E-state index contributed by atoms with van der Waals surface area (Å²) in [4.78, 5) is 0. The van der Waals surface area contributed by atoms with Crippen LogP contribution in [0, 0.1) is 17.0 Å². The smallest absolute Gasteiger partial charge is 0.128 e. The lowest BCUT2D eigenvalue weighted by Gasteiger charge is -2.26. The second-order valence-corrected chi connectivity index (χ2v) is 4.84. The molecule has 1 aromatic carbocycles. The molecule has 1 rings (SSSR count). The molecule has 0 radical (unpaired) electrons. The molecule has 16 heavy (non-hydrogen) atoms. The van der Waals surface area contributed by atoms with Gasteiger partial charge in [0.1, 0.15) is 11.6 Å². The quantitative estimate of drug-likeness (QED) is 0.831. The summed E-state index contributed by atoms with van der Waals surface area (Å²) in [6.07, 6.45) is 0.518. The van der Waals surface area contributed by atoms with Crippen molar-refractivity contribution in [1.29, 1.82) is 0 Å².